The Bertz CT molecular complexity index is 754. The summed E-state index contributed by atoms with van der Waals surface area (Å²) in [5.74, 6) is 0.255. The van der Waals surface area contributed by atoms with E-state index in [9.17, 15) is 9.59 Å². The van der Waals surface area contributed by atoms with Gasteiger partial charge in [0.2, 0.25) is 5.91 Å². The molecule has 0 spiro atoms. The molecule has 136 valence electrons. The van der Waals surface area contributed by atoms with Gasteiger partial charge in [-0.05, 0) is 31.0 Å². The smallest absolute Gasteiger partial charge is 0.264 e. The number of carbonyl (C=O) groups excluding carboxylic acids is 2. The summed E-state index contributed by atoms with van der Waals surface area (Å²) in [6, 6.07) is 8.13. The van der Waals surface area contributed by atoms with E-state index in [-0.39, 0.29) is 24.2 Å². The molecule has 1 fully saturated rings. The number of carbonyl (C=O) groups is 2. The van der Waals surface area contributed by atoms with Crippen LogP contribution in [0.1, 0.15) is 21.7 Å². The van der Waals surface area contributed by atoms with Gasteiger partial charge in [0.05, 0.1) is 4.88 Å². The number of amides is 2. The second-order valence-electron chi connectivity index (χ2n) is 6.08. The Balaban J connectivity index is 0.00000225. The number of hydrogen-bond donors (Lipinski definition) is 1. The maximum atomic E-state index is 12.9. The van der Waals surface area contributed by atoms with Crippen molar-refractivity contribution in [3.63, 3.8) is 0 Å². The Morgan fingerprint density at radius 3 is 2.40 bits per heavy atom. The van der Waals surface area contributed by atoms with Crippen LogP contribution in [-0.2, 0) is 4.79 Å². The fourth-order valence-electron chi connectivity index (χ4n) is 3.07. The molecule has 1 saturated heterocycles. The fourth-order valence-corrected chi connectivity index (χ4v) is 4.25. The molecule has 1 N–H and O–H groups in total. The topological polar surface area (TPSA) is 52.7 Å². The minimum atomic E-state index is 0. The highest BCUT2D eigenvalue weighted by atomic mass is 35.5. The Labute approximate surface area is 158 Å². The van der Waals surface area contributed by atoms with E-state index < -0.39 is 0 Å². The van der Waals surface area contributed by atoms with Crippen molar-refractivity contribution in [1.82, 2.24) is 15.1 Å². The summed E-state index contributed by atoms with van der Waals surface area (Å²) in [6.45, 7) is 5.18. The van der Waals surface area contributed by atoms with Crippen LogP contribution in [0.2, 0.25) is 0 Å². The van der Waals surface area contributed by atoms with E-state index in [0.29, 0.717) is 39.1 Å². The highest BCUT2D eigenvalue weighted by Crippen LogP contribution is 2.31. The lowest BCUT2D eigenvalue weighted by Crippen LogP contribution is -2.50. The summed E-state index contributed by atoms with van der Waals surface area (Å²) in [5, 5.41) is 4.15. The lowest BCUT2D eigenvalue weighted by molar-refractivity contribution is -0.132. The Hall–Kier alpha value is -1.63. The predicted octanol–water partition coefficient (Wildman–Crippen LogP) is 2.53. The van der Waals surface area contributed by atoms with Gasteiger partial charge < -0.3 is 15.1 Å². The van der Waals surface area contributed by atoms with Gasteiger partial charge in [0.1, 0.15) is 0 Å². The van der Waals surface area contributed by atoms with Crippen LogP contribution in [-0.4, -0.2) is 61.4 Å². The van der Waals surface area contributed by atoms with Crippen molar-refractivity contribution in [3.05, 3.63) is 34.7 Å². The maximum absolute atomic E-state index is 12.9. The predicted molar refractivity (Wildman–Crippen MR) is 105 cm³/mol. The van der Waals surface area contributed by atoms with E-state index in [2.05, 4.69) is 17.4 Å². The zero-order valence-corrected chi connectivity index (χ0v) is 16.2. The van der Waals surface area contributed by atoms with Gasteiger partial charge in [0.25, 0.3) is 5.91 Å². The normalized spacial score (nSPS) is 14.5. The van der Waals surface area contributed by atoms with Crippen LogP contribution in [0.4, 0.5) is 0 Å². The van der Waals surface area contributed by atoms with Gasteiger partial charge in [-0.2, -0.15) is 0 Å². The number of hydrogen-bond acceptors (Lipinski definition) is 4. The minimum Gasteiger partial charge on any atom is -0.339 e. The highest BCUT2D eigenvalue weighted by molar-refractivity contribution is 7.21. The third-order valence-corrected chi connectivity index (χ3v) is 5.81. The molecular weight excluding hydrogens is 358 g/mol. The zero-order valence-electron chi connectivity index (χ0n) is 14.6. The molecule has 3 rings (SSSR count). The molecule has 25 heavy (non-hydrogen) atoms. The first-order valence-electron chi connectivity index (χ1n) is 8.31. The van der Waals surface area contributed by atoms with Gasteiger partial charge >= 0.3 is 0 Å². The number of nitrogens with zero attached hydrogens (tertiary/aromatic N) is 2. The number of thiophene rings is 1. The maximum Gasteiger partial charge on any atom is 0.264 e. The third kappa shape index (κ3) is 4.14. The number of aryl methyl sites for hydroxylation is 1. The first kappa shape index (κ1) is 19.7. The average molecular weight is 382 g/mol. The molecule has 2 amide bonds. The van der Waals surface area contributed by atoms with Crippen molar-refractivity contribution < 1.29 is 9.59 Å². The molecule has 1 aromatic heterocycles. The number of fused-ring (bicyclic) bond motifs is 1. The van der Waals surface area contributed by atoms with E-state index in [1.54, 1.807) is 11.3 Å². The molecule has 0 unspecified atom stereocenters. The van der Waals surface area contributed by atoms with Gasteiger partial charge in [-0.15, -0.1) is 23.7 Å². The van der Waals surface area contributed by atoms with Crippen LogP contribution in [0, 0.1) is 6.92 Å². The highest BCUT2D eigenvalue weighted by Gasteiger charge is 2.26. The average Bonchev–Trinajstić information content (AvgIpc) is 2.96. The second-order valence-corrected chi connectivity index (χ2v) is 7.13. The van der Waals surface area contributed by atoms with Gasteiger partial charge in [0, 0.05) is 43.8 Å². The van der Waals surface area contributed by atoms with Gasteiger partial charge in [-0.1, -0.05) is 18.2 Å². The Kier molecular flexibility index (Phi) is 6.81. The number of rotatable bonds is 4. The van der Waals surface area contributed by atoms with Crippen molar-refractivity contribution >= 4 is 45.6 Å². The van der Waals surface area contributed by atoms with Crippen molar-refractivity contribution in [1.29, 1.82) is 0 Å². The zero-order chi connectivity index (χ0) is 17.1. The van der Waals surface area contributed by atoms with Crippen LogP contribution in [0.5, 0.6) is 0 Å². The molecule has 0 atom stereocenters. The monoisotopic (exact) mass is 381 g/mol. The van der Waals surface area contributed by atoms with Crippen LogP contribution < -0.4 is 5.32 Å². The number of benzene rings is 1. The lowest BCUT2D eigenvalue weighted by Gasteiger charge is -2.34. The summed E-state index contributed by atoms with van der Waals surface area (Å²) in [5.41, 5.74) is 1.06. The van der Waals surface area contributed by atoms with Crippen LogP contribution >= 0.6 is 23.7 Å². The van der Waals surface area contributed by atoms with E-state index in [1.165, 1.54) is 0 Å². The second kappa shape index (κ2) is 8.65. The van der Waals surface area contributed by atoms with Gasteiger partial charge in [0.15, 0.2) is 0 Å². The molecule has 2 heterocycles. The van der Waals surface area contributed by atoms with E-state index in [0.717, 1.165) is 20.5 Å². The summed E-state index contributed by atoms with van der Waals surface area (Å²) >= 11 is 1.56. The molecule has 7 heteroatoms. The van der Waals surface area contributed by atoms with E-state index in [1.807, 2.05) is 35.9 Å². The van der Waals surface area contributed by atoms with Crippen molar-refractivity contribution in [2.75, 3.05) is 39.8 Å². The van der Waals surface area contributed by atoms with Crippen LogP contribution in [0.15, 0.2) is 24.3 Å². The first-order chi connectivity index (χ1) is 11.6. The minimum absolute atomic E-state index is 0. The summed E-state index contributed by atoms with van der Waals surface area (Å²) in [7, 11) is 1.84. The molecule has 1 aromatic carbocycles. The summed E-state index contributed by atoms with van der Waals surface area (Å²) < 4.78 is 1.15. The molecular formula is C18H24ClN3O2S. The molecule has 0 radical (unpaired) electrons. The SMILES string of the molecule is CNCCC(=O)N1CCN(C(=O)c2sc3ccccc3c2C)CC1.Cl. The first-order valence-corrected chi connectivity index (χ1v) is 9.13. The fraction of sp³-hybridized carbons (Fsp3) is 0.444. The van der Waals surface area contributed by atoms with Crippen molar-refractivity contribution in [2.45, 2.75) is 13.3 Å². The van der Waals surface area contributed by atoms with Gasteiger partial charge in [-0.25, -0.2) is 0 Å². The summed E-state index contributed by atoms with van der Waals surface area (Å²) in [6.07, 6.45) is 0.514. The Morgan fingerprint density at radius 1 is 1.12 bits per heavy atom. The standard InChI is InChI=1S/C18H23N3O2S.ClH/c1-13-14-5-3-4-6-15(14)24-17(13)18(23)21-11-9-20(10-12-21)16(22)7-8-19-2;/h3-6,19H,7-12H2,1-2H3;1H. The molecule has 0 aliphatic carbocycles. The molecule has 0 saturated carbocycles. The van der Waals surface area contributed by atoms with Gasteiger partial charge in [-0.3, -0.25) is 9.59 Å². The number of halogens is 1. The molecule has 5 nitrogen and oxygen atoms in total. The number of piperazine rings is 1. The van der Waals surface area contributed by atoms with Crippen molar-refractivity contribution in [2.24, 2.45) is 0 Å². The quantitative estimate of drug-likeness (QED) is 0.885. The van der Waals surface area contributed by atoms with E-state index in [4.69, 9.17) is 0 Å². The molecule has 2 aromatic rings. The van der Waals surface area contributed by atoms with E-state index >= 15 is 0 Å². The number of nitrogens with one attached hydrogen (secondary N) is 1. The summed E-state index contributed by atoms with van der Waals surface area (Å²) in [4.78, 5) is 29.5. The molecule has 1 aliphatic heterocycles. The Morgan fingerprint density at radius 2 is 1.76 bits per heavy atom. The molecule has 0 bridgehead atoms. The third-order valence-electron chi connectivity index (χ3n) is 4.55. The van der Waals surface area contributed by atoms with Crippen LogP contribution in [0.3, 0.4) is 0 Å². The van der Waals surface area contributed by atoms with Crippen molar-refractivity contribution in [3.8, 4) is 0 Å². The lowest BCUT2D eigenvalue weighted by atomic mass is 10.1. The molecule has 1 aliphatic rings. The van der Waals surface area contributed by atoms with Crippen LogP contribution in [0.25, 0.3) is 10.1 Å². The largest absolute Gasteiger partial charge is 0.339 e.